The number of likely N-dealkylation sites (N-methyl/N-ethyl adjacent to an activating group) is 1. The average Bonchev–Trinajstić information content (AvgIpc) is 3.63. The Hall–Kier alpha value is -4.66. The fourth-order valence-corrected chi connectivity index (χ4v) is 6.84. The topological polar surface area (TPSA) is 77.5 Å². The largest absolute Gasteiger partial charge is 0.493 e. The van der Waals surface area contributed by atoms with Gasteiger partial charge in [0.05, 0.1) is 30.9 Å². The van der Waals surface area contributed by atoms with Gasteiger partial charge in [0.15, 0.2) is 11.6 Å². The summed E-state index contributed by atoms with van der Waals surface area (Å²) in [5, 5.41) is 0. The summed E-state index contributed by atoms with van der Waals surface area (Å²) in [6.07, 6.45) is 0.941. The van der Waals surface area contributed by atoms with Crippen molar-refractivity contribution in [2.24, 2.45) is 0 Å². The van der Waals surface area contributed by atoms with Crippen molar-refractivity contribution in [3.8, 4) is 45.3 Å². The van der Waals surface area contributed by atoms with Crippen LogP contribution in [0.3, 0.4) is 0 Å². The molecule has 4 aromatic rings. The predicted molar refractivity (Wildman–Crippen MR) is 204 cm³/mol. The summed E-state index contributed by atoms with van der Waals surface area (Å²) in [5.41, 5.74) is 6.31. The Balaban J connectivity index is 0.000000198. The first-order chi connectivity index (χ1) is 24.9. The maximum atomic E-state index is 13.0. The van der Waals surface area contributed by atoms with Gasteiger partial charge in [-0.2, -0.15) is 0 Å². The van der Waals surface area contributed by atoms with Crippen molar-refractivity contribution >= 4 is 11.6 Å². The van der Waals surface area contributed by atoms with Crippen LogP contribution in [0.1, 0.15) is 79.8 Å². The van der Waals surface area contributed by atoms with Gasteiger partial charge in [-0.15, -0.1) is 0 Å². The molecule has 6 rings (SSSR count). The van der Waals surface area contributed by atoms with Crippen molar-refractivity contribution in [3.05, 3.63) is 95.1 Å². The number of ether oxygens (including phenoxy) is 4. The van der Waals surface area contributed by atoms with E-state index in [0.29, 0.717) is 60.2 Å². The van der Waals surface area contributed by atoms with Gasteiger partial charge < -0.3 is 28.7 Å². The van der Waals surface area contributed by atoms with Crippen molar-refractivity contribution in [1.82, 2.24) is 9.80 Å². The Morgan fingerprint density at radius 1 is 0.431 bits per heavy atom. The van der Waals surface area contributed by atoms with Crippen LogP contribution < -0.4 is 18.9 Å². The molecule has 8 heteroatoms. The number of ketones is 2. The zero-order valence-electron chi connectivity index (χ0n) is 31.1. The van der Waals surface area contributed by atoms with E-state index in [1.807, 2.05) is 86.6 Å². The monoisotopic (exact) mass is 692 g/mol. The van der Waals surface area contributed by atoms with Crippen LogP contribution in [-0.2, 0) is 0 Å². The lowest BCUT2D eigenvalue weighted by Gasteiger charge is -2.18. The van der Waals surface area contributed by atoms with Gasteiger partial charge in [-0.05, 0) is 70.7 Å². The first kappa shape index (κ1) is 37.6. The Morgan fingerprint density at radius 3 is 1.22 bits per heavy atom. The number of rotatable bonds is 17. The predicted octanol–water partition coefficient (Wildman–Crippen LogP) is 8.42. The molecule has 0 fully saturated rings. The molecule has 0 amide bonds. The summed E-state index contributed by atoms with van der Waals surface area (Å²) >= 11 is 0. The summed E-state index contributed by atoms with van der Waals surface area (Å²) < 4.78 is 23.5. The minimum absolute atomic E-state index is 0.0185. The van der Waals surface area contributed by atoms with Crippen LogP contribution in [0.2, 0.25) is 0 Å². The number of benzene rings is 4. The second-order valence-corrected chi connectivity index (χ2v) is 12.3. The normalized spacial score (nSPS) is 12.2. The SMILES string of the molecule is CCOc1cccc2c1-c1cccc(OCCCN(CC)CC)c1C2=O.CCOc1cccc2c1-c1cccc(OCCN(CC)CC)c1C2=O. The Kier molecular flexibility index (Phi) is 13.3. The van der Waals surface area contributed by atoms with Crippen LogP contribution in [-0.4, -0.2) is 87.1 Å². The van der Waals surface area contributed by atoms with Gasteiger partial charge in [-0.3, -0.25) is 9.59 Å². The van der Waals surface area contributed by atoms with Gasteiger partial charge in [0.1, 0.15) is 29.6 Å². The van der Waals surface area contributed by atoms with Crippen LogP contribution in [0.15, 0.2) is 72.8 Å². The second kappa shape index (κ2) is 18.0. The minimum Gasteiger partial charge on any atom is -0.493 e. The molecule has 2 aliphatic rings. The number of hydrogen-bond donors (Lipinski definition) is 0. The molecule has 0 spiro atoms. The molecule has 0 aromatic heterocycles. The smallest absolute Gasteiger partial charge is 0.198 e. The van der Waals surface area contributed by atoms with E-state index in [1.54, 1.807) is 0 Å². The van der Waals surface area contributed by atoms with Gasteiger partial charge >= 0.3 is 0 Å². The lowest BCUT2D eigenvalue weighted by molar-refractivity contribution is 0.103. The van der Waals surface area contributed by atoms with Crippen molar-refractivity contribution in [2.45, 2.75) is 48.0 Å². The first-order valence-corrected chi connectivity index (χ1v) is 18.5. The highest BCUT2D eigenvalue weighted by Crippen LogP contribution is 2.47. The fourth-order valence-electron chi connectivity index (χ4n) is 6.84. The van der Waals surface area contributed by atoms with Crippen LogP contribution >= 0.6 is 0 Å². The van der Waals surface area contributed by atoms with E-state index < -0.39 is 0 Å². The van der Waals surface area contributed by atoms with Gasteiger partial charge in [0.2, 0.25) is 0 Å². The van der Waals surface area contributed by atoms with Crippen LogP contribution in [0.25, 0.3) is 22.3 Å². The lowest BCUT2D eigenvalue weighted by Crippen LogP contribution is -2.28. The molecule has 0 radical (unpaired) electrons. The van der Waals surface area contributed by atoms with E-state index in [4.69, 9.17) is 18.9 Å². The van der Waals surface area contributed by atoms with E-state index in [9.17, 15) is 9.59 Å². The van der Waals surface area contributed by atoms with E-state index >= 15 is 0 Å². The van der Waals surface area contributed by atoms with E-state index in [1.165, 1.54) is 0 Å². The van der Waals surface area contributed by atoms with Crippen LogP contribution in [0.5, 0.6) is 23.0 Å². The van der Waals surface area contributed by atoms with Gasteiger partial charge in [-0.1, -0.05) is 76.2 Å². The van der Waals surface area contributed by atoms with Gasteiger partial charge in [0.25, 0.3) is 0 Å². The molecule has 0 N–H and O–H groups in total. The highest BCUT2D eigenvalue weighted by molar-refractivity contribution is 6.24. The molecular weight excluding hydrogens is 640 g/mol. The van der Waals surface area contributed by atoms with Crippen molar-refractivity contribution in [2.75, 3.05) is 65.7 Å². The van der Waals surface area contributed by atoms with Gasteiger partial charge in [-0.25, -0.2) is 0 Å². The molecule has 2 aliphatic carbocycles. The molecule has 4 aromatic carbocycles. The highest BCUT2D eigenvalue weighted by Gasteiger charge is 2.33. The third-order valence-corrected chi connectivity index (χ3v) is 9.52. The van der Waals surface area contributed by atoms with Crippen molar-refractivity contribution < 1.29 is 28.5 Å². The third-order valence-electron chi connectivity index (χ3n) is 9.52. The number of carbonyl (C=O) groups excluding carboxylic acids is 2. The molecule has 0 heterocycles. The van der Waals surface area contributed by atoms with E-state index in [0.717, 1.165) is 79.4 Å². The maximum absolute atomic E-state index is 13.0. The van der Waals surface area contributed by atoms with Crippen molar-refractivity contribution in [1.29, 1.82) is 0 Å². The number of nitrogens with zero attached hydrogens (tertiary/aromatic N) is 2. The molecule has 0 aliphatic heterocycles. The summed E-state index contributed by atoms with van der Waals surface area (Å²) in [6, 6.07) is 22.9. The fraction of sp³-hybridized carbons (Fsp3) is 0.395. The molecule has 0 atom stereocenters. The molecular formula is C43H52N2O6. The molecule has 0 bridgehead atoms. The third kappa shape index (κ3) is 8.13. The minimum atomic E-state index is 0.0185. The Labute approximate surface area is 303 Å². The first-order valence-electron chi connectivity index (χ1n) is 18.5. The Morgan fingerprint density at radius 2 is 0.804 bits per heavy atom. The van der Waals surface area contributed by atoms with Crippen LogP contribution in [0.4, 0.5) is 0 Å². The highest BCUT2D eigenvalue weighted by atomic mass is 16.5. The summed E-state index contributed by atoms with van der Waals surface area (Å²) in [6.45, 7) is 20.8. The van der Waals surface area contributed by atoms with E-state index in [-0.39, 0.29) is 11.6 Å². The molecule has 0 saturated heterocycles. The van der Waals surface area contributed by atoms with E-state index in [2.05, 4.69) is 37.5 Å². The van der Waals surface area contributed by atoms with Crippen LogP contribution in [0, 0.1) is 0 Å². The molecule has 51 heavy (non-hydrogen) atoms. The van der Waals surface area contributed by atoms with Crippen molar-refractivity contribution in [3.63, 3.8) is 0 Å². The summed E-state index contributed by atoms with van der Waals surface area (Å²) in [5.74, 6) is 2.89. The Bertz CT molecular complexity index is 1810. The molecule has 0 unspecified atom stereocenters. The zero-order chi connectivity index (χ0) is 36.3. The molecule has 0 saturated carbocycles. The second-order valence-electron chi connectivity index (χ2n) is 12.3. The molecule has 8 nitrogen and oxygen atoms in total. The number of carbonyl (C=O) groups is 2. The number of fused-ring (bicyclic) bond motifs is 6. The van der Waals surface area contributed by atoms with Gasteiger partial charge in [0, 0.05) is 46.5 Å². The molecule has 270 valence electrons. The standard InChI is InChI=1S/C22H27NO3.C21H25NO3/c1-4-23(5-2)14-9-15-26-19-13-7-10-16-20-17(22(24)21(16)19)11-8-12-18(20)25-6-3;1-4-22(5-2)13-14-25-18-12-7-9-15-19-16(21(23)20(15)18)10-8-11-17(19)24-6-3/h7-8,10-13H,4-6,9,14-15H2,1-3H3;7-12H,4-6,13-14H2,1-3H3. The quantitative estimate of drug-likeness (QED) is 0.0883. The zero-order valence-corrected chi connectivity index (χ0v) is 31.1. The summed E-state index contributed by atoms with van der Waals surface area (Å²) in [4.78, 5) is 30.6. The number of hydrogen-bond acceptors (Lipinski definition) is 8. The maximum Gasteiger partial charge on any atom is 0.198 e. The average molecular weight is 693 g/mol. The summed E-state index contributed by atoms with van der Waals surface area (Å²) in [7, 11) is 0. The lowest BCUT2D eigenvalue weighted by atomic mass is 10.0.